The average Bonchev–Trinajstić information content (AvgIpc) is 2.14. The molecule has 1 rings (SSSR count). The molecule has 0 aromatic rings. The lowest BCUT2D eigenvalue weighted by atomic mass is 10.1. The van der Waals surface area contributed by atoms with Crippen molar-refractivity contribution in [1.29, 1.82) is 0 Å². The van der Waals surface area contributed by atoms with Crippen LogP contribution in [0.1, 0.15) is 13.3 Å². The van der Waals surface area contributed by atoms with Crippen LogP contribution in [0.25, 0.3) is 0 Å². The van der Waals surface area contributed by atoms with E-state index in [1.54, 1.807) is 0 Å². The van der Waals surface area contributed by atoms with Crippen LogP contribution in [0.3, 0.4) is 0 Å². The summed E-state index contributed by atoms with van der Waals surface area (Å²) in [6.07, 6.45) is 3.37. The first-order valence-electron chi connectivity index (χ1n) is 3.07. The Balaban J connectivity index is 2.32. The highest BCUT2D eigenvalue weighted by molar-refractivity contribution is 4.85. The molecule has 46 valence electrons. The molecule has 1 fully saturated rings. The summed E-state index contributed by atoms with van der Waals surface area (Å²) in [5.74, 6) is 0.734. The third kappa shape index (κ3) is 1.10. The number of rotatable bonds is 1. The van der Waals surface area contributed by atoms with E-state index in [0.29, 0.717) is 6.10 Å². The molecule has 0 unspecified atom stereocenters. The average molecular weight is 112 g/mol. The monoisotopic (exact) mass is 112 g/mol. The van der Waals surface area contributed by atoms with Crippen molar-refractivity contribution in [3.63, 3.8) is 0 Å². The summed E-state index contributed by atoms with van der Waals surface area (Å²) >= 11 is 0. The van der Waals surface area contributed by atoms with Gasteiger partial charge in [0.15, 0.2) is 0 Å². The fourth-order valence-electron chi connectivity index (χ4n) is 0.985. The molecule has 0 aromatic carbocycles. The number of ether oxygens (including phenoxy) is 1. The van der Waals surface area contributed by atoms with E-state index in [1.807, 2.05) is 6.08 Å². The molecule has 1 saturated heterocycles. The molecule has 0 spiro atoms. The van der Waals surface area contributed by atoms with Crippen LogP contribution in [-0.4, -0.2) is 12.7 Å². The minimum absolute atomic E-state index is 0.338. The van der Waals surface area contributed by atoms with Crippen molar-refractivity contribution in [2.75, 3.05) is 6.61 Å². The maximum absolute atomic E-state index is 5.30. The molecule has 0 bridgehead atoms. The SMILES string of the molecule is C=C[C@H]1C[C@@H](C)CO1. The van der Waals surface area contributed by atoms with Crippen molar-refractivity contribution < 1.29 is 4.74 Å². The molecule has 1 nitrogen and oxygen atoms in total. The van der Waals surface area contributed by atoms with Gasteiger partial charge in [-0.1, -0.05) is 13.0 Å². The van der Waals surface area contributed by atoms with Crippen molar-refractivity contribution >= 4 is 0 Å². The molecule has 1 aliphatic heterocycles. The molecular weight excluding hydrogens is 100 g/mol. The van der Waals surface area contributed by atoms with Crippen LogP contribution in [0.2, 0.25) is 0 Å². The normalized spacial score (nSPS) is 37.6. The van der Waals surface area contributed by atoms with E-state index in [1.165, 1.54) is 0 Å². The predicted molar refractivity (Wildman–Crippen MR) is 33.7 cm³/mol. The maximum Gasteiger partial charge on any atom is 0.0756 e. The van der Waals surface area contributed by atoms with Gasteiger partial charge >= 0.3 is 0 Å². The maximum atomic E-state index is 5.30. The van der Waals surface area contributed by atoms with Gasteiger partial charge in [0.2, 0.25) is 0 Å². The smallest absolute Gasteiger partial charge is 0.0756 e. The Bertz CT molecular complexity index is 88.4. The third-order valence-electron chi connectivity index (χ3n) is 1.49. The second-order valence-electron chi connectivity index (χ2n) is 2.45. The van der Waals surface area contributed by atoms with Crippen molar-refractivity contribution in [3.05, 3.63) is 12.7 Å². The van der Waals surface area contributed by atoms with Crippen molar-refractivity contribution in [2.24, 2.45) is 5.92 Å². The van der Waals surface area contributed by atoms with E-state index in [-0.39, 0.29) is 0 Å². The first-order valence-corrected chi connectivity index (χ1v) is 3.07. The lowest BCUT2D eigenvalue weighted by Gasteiger charge is -1.97. The molecule has 1 aliphatic rings. The molecule has 0 N–H and O–H groups in total. The van der Waals surface area contributed by atoms with Crippen LogP contribution >= 0.6 is 0 Å². The van der Waals surface area contributed by atoms with E-state index in [4.69, 9.17) is 4.74 Å². The minimum Gasteiger partial charge on any atom is -0.374 e. The summed E-state index contributed by atoms with van der Waals surface area (Å²) in [7, 11) is 0. The summed E-state index contributed by atoms with van der Waals surface area (Å²) in [6, 6.07) is 0. The molecule has 0 aliphatic carbocycles. The Kier molecular flexibility index (Phi) is 1.69. The predicted octanol–water partition coefficient (Wildman–Crippen LogP) is 1.60. The van der Waals surface area contributed by atoms with E-state index < -0.39 is 0 Å². The highest BCUT2D eigenvalue weighted by Crippen LogP contribution is 2.18. The molecule has 2 atom stereocenters. The first kappa shape index (κ1) is 5.83. The Morgan fingerprint density at radius 3 is 2.75 bits per heavy atom. The summed E-state index contributed by atoms with van der Waals surface area (Å²) in [5.41, 5.74) is 0. The summed E-state index contributed by atoms with van der Waals surface area (Å²) < 4.78 is 5.30. The van der Waals surface area contributed by atoms with Crippen molar-refractivity contribution in [1.82, 2.24) is 0 Å². The van der Waals surface area contributed by atoms with Gasteiger partial charge in [-0.15, -0.1) is 6.58 Å². The van der Waals surface area contributed by atoms with Gasteiger partial charge in [-0.05, 0) is 12.3 Å². The first-order chi connectivity index (χ1) is 3.83. The van der Waals surface area contributed by atoms with E-state index in [0.717, 1.165) is 18.9 Å². The lowest BCUT2D eigenvalue weighted by molar-refractivity contribution is 0.140. The standard InChI is InChI=1S/C7H12O/c1-3-7-4-6(2)5-8-7/h3,6-7H,1,4-5H2,2H3/t6-,7+/m1/s1. The minimum atomic E-state index is 0.338. The van der Waals surface area contributed by atoms with Crippen LogP contribution in [0, 0.1) is 5.92 Å². The molecule has 1 heteroatoms. The van der Waals surface area contributed by atoms with E-state index in [2.05, 4.69) is 13.5 Å². The molecular formula is C7H12O. The van der Waals surface area contributed by atoms with Gasteiger partial charge < -0.3 is 4.74 Å². The fraction of sp³-hybridized carbons (Fsp3) is 0.714. The molecule has 0 radical (unpaired) electrons. The van der Waals surface area contributed by atoms with Crippen LogP contribution in [-0.2, 0) is 4.74 Å². The highest BCUT2D eigenvalue weighted by atomic mass is 16.5. The van der Waals surface area contributed by atoms with Gasteiger partial charge in [0.1, 0.15) is 0 Å². The quantitative estimate of drug-likeness (QED) is 0.468. The Labute approximate surface area is 50.3 Å². The van der Waals surface area contributed by atoms with Crippen LogP contribution < -0.4 is 0 Å². The van der Waals surface area contributed by atoms with Gasteiger partial charge in [0.25, 0.3) is 0 Å². The Morgan fingerprint density at radius 1 is 1.75 bits per heavy atom. The number of hydrogen-bond donors (Lipinski definition) is 0. The fourth-order valence-corrected chi connectivity index (χ4v) is 0.985. The molecule has 8 heavy (non-hydrogen) atoms. The summed E-state index contributed by atoms with van der Waals surface area (Å²) in [6.45, 7) is 6.76. The second kappa shape index (κ2) is 2.31. The zero-order valence-corrected chi connectivity index (χ0v) is 5.26. The van der Waals surface area contributed by atoms with Gasteiger partial charge in [-0.2, -0.15) is 0 Å². The zero-order chi connectivity index (χ0) is 5.98. The Morgan fingerprint density at radius 2 is 2.50 bits per heavy atom. The second-order valence-corrected chi connectivity index (χ2v) is 2.45. The molecule has 0 aromatic heterocycles. The van der Waals surface area contributed by atoms with Crippen molar-refractivity contribution in [3.8, 4) is 0 Å². The largest absolute Gasteiger partial charge is 0.374 e. The molecule has 0 amide bonds. The van der Waals surface area contributed by atoms with Gasteiger partial charge in [-0.3, -0.25) is 0 Å². The highest BCUT2D eigenvalue weighted by Gasteiger charge is 2.18. The van der Waals surface area contributed by atoms with Gasteiger partial charge in [0, 0.05) is 0 Å². The van der Waals surface area contributed by atoms with Crippen LogP contribution in [0.5, 0.6) is 0 Å². The molecule has 0 saturated carbocycles. The zero-order valence-electron chi connectivity index (χ0n) is 5.26. The van der Waals surface area contributed by atoms with E-state index >= 15 is 0 Å². The topological polar surface area (TPSA) is 9.23 Å². The van der Waals surface area contributed by atoms with E-state index in [9.17, 15) is 0 Å². The molecule has 1 heterocycles. The number of hydrogen-bond acceptors (Lipinski definition) is 1. The van der Waals surface area contributed by atoms with Crippen LogP contribution in [0.4, 0.5) is 0 Å². The summed E-state index contributed by atoms with van der Waals surface area (Å²) in [4.78, 5) is 0. The summed E-state index contributed by atoms with van der Waals surface area (Å²) in [5, 5.41) is 0. The third-order valence-corrected chi connectivity index (χ3v) is 1.49. The lowest BCUT2D eigenvalue weighted by Crippen LogP contribution is -1.97. The van der Waals surface area contributed by atoms with Gasteiger partial charge in [-0.25, -0.2) is 0 Å². The van der Waals surface area contributed by atoms with Crippen LogP contribution in [0.15, 0.2) is 12.7 Å². The Hall–Kier alpha value is -0.300. The van der Waals surface area contributed by atoms with Crippen molar-refractivity contribution in [2.45, 2.75) is 19.4 Å². The van der Waals surface area contributed by atoms with Gasteiger partial charge in [0.05, 0.1) is 12.7 Å².